The van der Waals surface area contributed by atoms with Gasteiger partial charge in [-0.05, 0) is 24.0 Å². The highest BCUT2D eigenvalue weighted by Crippen LogP contribution is 2.15. The van der Waals surface area contributed by atoms with Gasteiger partial charge in [0.1, 0.15) is 11.7 Å². The van der Waals surface area contributed by atoms with E-state index in [1.54, 1.807) is 40.6 Å². The lowest BCUT2D eigenvalue weighted by atomic mass is 10.2. The van der Waals surface area contributed by atoms with E-state index in [0.29, 0.717) is 17.6 Å². The molecule has 1 aromatic carbocycles. The van der Waals surface area contributed by atoms with Crippen molar-refractivity contribution in [1.29, 1.82) is 0 Å². The van der Waals surface area contributed by atoms with Crippen LogP contribution >= 0.6 is 11.8 Å². The molecule has 2 aromatic heterocycles. The Hall–Kier alpha value is -2.08. The molecule has 0 radical (unpaired) electrons. The normalized spacial score (nSPS) is 11.1. The Labute approximate surface area is 120 Å². The lowest BCUT2D eigenvalue weighted by Gasteiger charge is -2.06. The minimum atomic E-state index is -0.0583. The van der Waals surface area contributed by atoms with E-state index in [9.17, 15) is 4.79 Å². The maximum Gasteiger partial charge on any atom is 0.264 e. The molecule has 3 rings (SSSR count). The van der Waals surface area contributed by atoms with Gasteiger partial charge in [0.05, 0.1) is 12.7 Å². The molecule has 0 saturated carbocycles. The van der Waals surface area contributed by atoms with Gasteiger partial charge < -0.3 is 0 Å². The zero-order chi connectivity index (χ0) is 14.1. The van der Waals surface area contributed by atoms with E-state index in [0.717, 1.165) is 5.56 Å². The van der Waals surface area contributed by atoms with Crippen molar-refractivity contribution in [3.05, 3.63) is 52.7 Å². The first kappa shape index (κ1) is 12.9. The molecule has 20 heavy (non-hydrogen) atoms. The molecule has 0 saturated heterocycles. The van der Waals surface area contributed by atoms with Crippen LogP contribution in [0, 0.1) is 0 Å². The van der Waals surface area contributed by atoms with Gasteiger partial charge in [-0.3, -0.25) is 14.0 Å². The Morgan fingerprint density at radius 1 is 1.25 bits per heavy atom. The van der Waals surface area contributed by atoms with Crippen molar-refractivity contribution in [3.63, 3.8) is 0 Å². The molecule has 0 N–H and O–H groups in total. The molecular weight excluding hydrogens is 272 g/mol. The van der Waals surface area contributed by atoms with Crippen LogP contribution in [0.2, 0.25) is 0 Å². The molecule has 0 unspecified atom stereocenters. The van der Waals surface area contributed by atoms with Gasteiger partial charge in [-0.15, -0.1) is 11.8 Å². The summed E-state index contributed by atoms with van der Waals surface area (Å²) in [6.07, 6.45) is 5.19. The monoisotopic (exact) mass is 286 g/mol. The zero-order valence-electron chi connectivity index (χ0n) is 11.3. The molecule has 0 amide bonds. The number of fused-ring (bicyclic) bond motifs is 1. The molecule has 2 heterocycles. The van der Waals surface area contributed by atoms with Crippen LogP contribution in [0.3, 0.4) is 0 Å². The Balaban J connectivity index is 1.97. The second-order valence-electron chi connectivity index (χ2n) is 4.53. The van der Waals surface area contributed by atoms with Gasteiger partial charge in [0.15, 0.2) is 5.65 Å². The van der Waals surface area contributed by atoms with Crippen molar-refractivity contribution >= 4 is 22.8 Å². The molecule has 6 heteroatoms. The van der Waals surface area contributed by atoms with Crippen LogP contribution < -0.4 is 5.56 Å². The van der Waals surface area contributed by atoms with Crippen molar-refractivity contribution < 1.29 is 0 Å². The molecule has 5 nitrogen and oxygen atoms in total. The molecule has 102 valence electrons. The van der Waals surface area contributed by atoms with E-state index in [1.165, 1.54) is 4.90 Å². The van der Waals surface area contributed by atoms with E-state index in [4.69, 9.17) is 0 Å². The molecule has 0 spiro atoms. The first-order chi connectivity index (χ1) is 9.69. The number of aryl methyl sites for hydroxylation is 1. The van der Waals surface area contributed by atoms with E-state index >= 15 is 0 Å². The minimum Gasteiger partial charge on any atom is -0.294 e. The number of hydrogen-bond acceptors (Lipinski definition) is 4. The topological polar surface area (TPSA) is 52.7 Å². The predicted octanol–water partition coefficient (Wildman–Crippen LogP) is 1.90. The van der Waals surface area contributed by atoms with Gasteiger partial charge in [-0.25, -0.2) is 4.98 Å². The summed E-state index contributed by atoms with van der Waals surface area (Å²) in [7, 11) is 1.78. The van der Waals surface area contributed by atoms with E-state index < -0.39 is 0 Å². The van der Waals surface area contributed by atoms with Crippen LogP contribution in [0.15, 0.2) is 46.5 Å². The molecule has 0 bridgehead atoms. The fourth-order valence-corrected chi connectivity index (χ4v) is 2.52. The molecule has 0 aliphatic carbocycles. The fourth-order valence-electron chi connectivity index (χ4n) is 2.11. The Morgan fingerprint density at radius 2 is 2.00 bits per heavy atom. The Kier molecular flexibility index (Phi) is 3.31. The van der Waals surface area contributed by atoms with Crippen molar-refractivity contribution in [3.8, 4) is 0 Å². The summed E-state index contributed by atoms with van der Waals surface area (Å²) in [5.41, 5.74) is 1.64. The van der Waals surface area contributed by atoms with Crippen molar-refractivity contribution in [2.24, 2.45) is 7.05 Å². The third-order valence-corrected chi connectivity index (χ3v) is 3.97. The molecule has 3 aromatic rings. The highest BCUT2D eigenvalue weighted by molar-refractivity contribution is 7.98. The standard InChI is InChI=1S/C14H14N4OS/c1-17-13-12(7-16-17)14(19)18(9-15-13)8-10-3-5-11(20-2)6-4-10/h3-7,9H,8H2,1-2H3. The van der Waals surface area contributed by atoms with E-state index in [2.05, 4.69) is 22.2 Å². The Bertz CT molecular complexity index is 804. The SMILES string of the molecule is CSc1ccc(Cn2cnc3c(cnn3C)c2=O)cc1. The van der Waals surface area contributed by atoms with Gasteiger partial charge in [0, 0.05) is 11.9 Å². The zero-order valence-corrected chi connectivity index (χ0v) is 12.1. The molecule has 0 fully saturated rings. The third kappa shape index (κ3) is 2.22. The van der Waals surface area contributed by atoms with Crippen molar-refractivity contribution in [2.75, 3.05) is 6.26 Å². The quantitative estimate of drug-likeness (QED) is 0.690. The van der Waals surface area contributed by atoms with Gasteiger partial charge in [0.25, 0.3) is 5.56 Å². The fraction of sp³-hybridized carbons (Fsp3) is 0.214. The smallest absolute Gasteiger partial charge is 0.264 e. The maximum atomic E-state index is 12.3. The van der Waals surface area contributed by atoms with Crippen LogP contribution in [0.1, 0.15) is 5.56 Å². The number of benzene rings is 1. The second-order valence-corrected chi connectivity index (χ2v) is 5.41. The summed E-state index contributed by atoms with van der Waals surface area (Å²) in [6.45, 7) is 0.519. The van der Waals surface area contributed by atoms with Crippen LogP contribution in [-0.2, 0) is 13.6 Å². The van der Waals surface area contributed by atoms with Crippen LogP contribution in [-0.4, -0.2) is 25.6 Å². The summed E-state index contributed by atoms with van der Waals surface area (Å²) in [5, 5.41) is 4.62. The molecule has 0 atom stereocenters. The summed E-state index contributed by atoms with van der Waals surface area (Å²) in [4.78, 5) is 17.8. The minimum absolute atomic E-state index is 0.0583. The first-order valence-corrected chi connectivity index (χ1v) is 7.41. The van der Waals surface area contributed by atoms with Crippen molar-refractivity contribution in [2.45, 2.75) is 11.4 Å². The summed E-state index contributed by atoms with van der Waals surface area (Å²) in [6, 6.07) is 8.18. The van der Waals surface area contributed by atoms with Crippen molar-refractivity contribution in [1.82, 2.24) is 19.3 Å². The number of rotatable bonds is 3. The van der Waals surface area contributed by atoms with Gasteiger partial charge in [0.2, 0.25) is 0 Å². The molecule has 0 aliphatic rings. The summed E-state index contributed by atoms with van der Waals surface area (Å²) in [5.74, 6) is 0. The maximum absolute atomic E-state index is 12.3. The highest BCUT2D eigenvalue weighted by Gasteiger charge is 2.08. The van der Waals surface area contributed by atoms with Crippen LogP contribution in [0.4, 0.5) is 0 Å². The second kappa shape index (κ2) is 5.13. The summed E-state index contributed by atoms with van der Waals surface area (Å²) < 4.78 is 3.21. The van der Waals surface area contributed by atoms with Crippen LogP contribution in [0.25, 0.3) is 11.0 Å². The highest BCUT2D eigenvalue weighted by atomic mass is 32.2. The lowest BCUT2D eigenvalue weighted by Crippen LogP contribution is -2.21. The number of nitrogens with zero attached hydrogens (tertiary/aromatic N) is 4. The van der Waals surface area contributed by atoms with E-state index in [-0.39, 0.29) is 5.56 Å². The number of hydrogen-bond donors (Lipinski definition) is 0. The average Bonchev–Trinajstić information content (AvgIpc) is 2.85. The third-order valence-electron chi connectivity index (χ3n) is 3.23. The predicted molar refractivity (Wildman–Crippen MR) is 80.1 cm³/mol. The first-order valence-electron chi connectivity index (χ1n) is 6.19. The molecule has 0 aliphatic heterocycles. The van der Waals surface area contributed by atoms with Crippen LogP contribution in [0.5, 0.6) is 0 Å². The van der Waals surface area contributed by atoms with Gasteiger partial charge in [-0.1, -0.05) is 12.1 Å². The largest absolute Gasteiger partial charge is 0.294 e. The van der Waals surface area contributed by atoms with Gasteiger partial charge in [-0.2, -0.15) is 5.10 Å². The Morgan fingerprint density at radius 3 is 2.70 bits per heavy atom. The number of thioether (sulfide) groups is 1. The lowest BCUT2D eigenvalue weighted by molar-refractivity contribution is 0.737. The average molecular weight is 286 g/mol. The molecular formula is C14H14N4OS. The van der Waals surface area contributed by atoms with Gasteiger partial charge >= 0.3 is 0 Å². The summed E-state index contributed by atoms with van der Waals surface area (Å²) >= 11 is 1.70. The number of aromatic nitrogens is 4. The van der Waals surface area contributed by atoms with E-state index in [1.807, 2.05) is 18.4 Å².